The number of nitrogens with one attached hydrogen (secondary N) is 1. The van der Waals surface area contributed by atoms with Gasteiger partial charge in [0, 0.05) is 34.2 Å². The number of anilines is 1. The van der Waals surface area contributed by atoms with E-state index in [-0.39, 0.29) is 11.5 Å². The van der Waals surface area contributed by atoms with Crippen molar-refractivity contribution >= 4 is 46.1 Å². The predicted molar refractivity (Wildman–Crippen MR) is 134 cm³/mol. The highest BCUT2D eigenvalue weighted by molar-refractivity contribution is 6.32. The molecule has 0 radical (unpaired) electrons. The number of fused-ring (bicyclic) bond motifs is 1. The minimum atomic E-state index is -0.415. The van der Waals surface area contributed by atoms with Gasteiger partial charge in [-0.25, -0.2) is 5.01 Å². The number of rotatable bonds is 7. The molecule has 34 heavy (non-hydrogen) atoms. The Hall–Kier alpha value is -4.03. The molecule has 7 heteroatoms. The predicted octanol–water partition coefficient (Wildman–Crippen LogP) is 5.23. The van der Waals surface area contributed by atoms with Crippen molar-refractivity contribution in [1.82, 2.24) is 9.99 Å². The van der Waals surface area contributed by atoms with Crippen LogP contribution in [0.5, 0.6) is 5.75 Å². The van der Waals surface area contributed by atoms with Crippen LogP contribution in [-0.2, 0) is 16.1 Å². The Morgan fingerprint density at radius 3 is 2.44 bits per heavy atom. The molecule has 3 aromatic carbocycles. The maximum absolute atomic E-state index is 13.0. The number of amides is 2. The number of carbonyl (C=O) groups excluding carboxylic acids is 2. The zero-order valence-corrected chi connectivity index (χ0v) is 19.0. The SMILES string of the molecule is O=C1NN(c2ccccc2)C(=O)/C1=C/c1cn(CCCOc2ccc(Cl)cc2)c2ccccc12. The van der Waals surface area contributed by atoms with Crippen molar-refractivity contribution in [1.29, 1.82) is 0 Å². The Bertz CT molecular complexity index is 1380. The van der Waals surface area contributed by atoms with Crippen molar-refractivity contribution in [3.8, 4) is 5.75 Å². The molecule has 1 N–H and O–H groups in total. The summed E-state index contributed by atoms with van der Waals surface area (Å²) in [6.07, 6.45) is 4.44. The Labute approximate surface area is 202 Å². The fraction of sp³-hybridized carbons (Fsp3) is 0.111. The van der Waals surface area contributed by atoms with Crippen LogP contribution in [0.2, 0.25) is 5.02 Å². The van der Waals surface area contributed by atoms with Crippen LogP contribution in [-0.4, -0.2) is 23.0 Å². The third-order valence-corrected chi connectivity index (χ3v) is 5.90. The minimum absolute atomic E-state index is 0.109. The lowest BCUT2D eigenvalue weighted by atomic mass is 10.1. The summed E-state index contributed by atoms with van der Waals surface area (Å²) in [5, 5.41) is 2.93. The van der Waals surface area contributed by atoms with Crippen molar-refractivity contribution in [3.63, 3.8) is 0 Å². The second-order valence-electron chi connectivity index (χ2n) is 7.93. The summed E-state index contributed by atoms with van der Waals surface area (Å²) in [6.45, 7) is 1.28. The van der Waals surface area contributed by atoms with Crippen LogP contribution in [0.15, 0.2) is 90.6 Å². The second-order valence-corrected chi connectivity index (χ2v) is 8.36. The van der Waals surface area contributed by atoms with Gasteiger partial charge in [0.1, 0.15) is 11.3 Å². The topological polar surface area (TPSA) is 63.6 Å². The van der Waals surface area contributed by atoms with Crippen molar-refractivity contribution in [2.45, 2.75) is 13.0 Å². The standard InChI is InChI=1S/C27H22ClN3O3/c28-20-11-13-22(14-12-20)34-16-6-15-30-18-19(23-9-4-5-10-25(23)30)17-24-26(32)29-31(27(24)33)21-7-2-1-3-8-21/h1-5,7-14,17-18H,6,15-16H2,(H,29,32)/b24-17+. The first kappa shape index (κ1) is 21.8. The van der Waals surface area contributed by atoms with Crippen LogP contribution in [0.25, 0.3) is 17.0 Å². The average molecular weight is 472 g/mol. The fourth-order valence-electron chi connectivity index (χ4n) is 4.00. The third kappa shape index (κ3) is 4.40. The van der Waals surface area contributed by atoms with E-state index in [1.165, 1.54) is 5.01 Å². The Morgan fingerprint density at radius 1 is 0.912 bits per heavy atom. The van der Waals surface area contributed by atoms with E-state index >= 15 is 0 Å². The number of nitrogens with zero attached hydrogens (tertiary/aromatic N) is 2. The van der Waals surface area contributed by atoms with Crippen LogP contribution in [0.4, 0.5) is 5.69 Å². The number of aryl methyl sites for hydroxylation is 1. The van der Waals surface area contributed by atoms with Gasteiger partial charge in [0.05, 0.1) is 12.3 Å². The van der Waals surface area contributed by atoms with E-state index in [0.717, 1.165) is 35.2 Å². The molecular weight excluding hydrogens is 450 g/mol. The number of halogens is 1. The van der Waals surface area contributed by atoms with E-state index in [1.54, 1.807) is 30.3 Å². The zero-order chi connectivity index (χ0) is 23.5. The van der Waals surface area contributed by atoms with Crippen LogP contribution >= 0.6 is 11.6 Å². The average Bonchev–Trinajstić information content (AvgIpc) is 3.36. The normalized spacial score (nSPS) is 14.7. The minimum Gasteiger partial charge on any atom is -0.494 e. The van der Waals surface area contributed by atoms with Crippen molar-refractivity contribution < 1.29 is 14.3 Å². The van der Waals surface area contributed by atoms with Crippen LogP contribution in [0.3, 0.4) is 0 Å². The number of aromatic nitrogens is 1. The number of hydrazine groups is 1. The molecule has 0 bridgehead atoms. The van der Waals surface area contributed by atoms with Gasteiger partial charge < -0.3 is 9.30 Å². The molecule has 1 fully saturated rings. The van der Waals surface area contributed by atoms with Gasteiger partial charge in [-0.2, -0.15) is 0 Å². The Kier molecular flexibility index (Phi) is 6.06. The van der Waals surface area contributed by atoms with Crippen molar-refractivity contribution in [3.05, 3.63) is 101 Å². The molecule has 5 rings (SSSR count). The molecule has 0 atom stereocenters. The number of para-hydroxylation sites is 2. The van der Waals surface area contributed by atoms with Crippen LogP contribution in [0, 0.1) is 0 Å². The number of carbonyl (C=O) groups is 2. The maximum atomic E-state index is 13.0. The molecule has 0 aliphatic carbocycles. The van der Waals surface area contributed by atoms with E-state index in [9.17, 15) is 9.59 Å². The molecule has 1 aliphatic heterocycles. The lowest BCUT2D eigenvalue weighted by molar-refractivity contribution is -0.117. The van der Waals surface area contributed by atoms with Gasteiger partial charge in [-0.3, -0.25) is 15.0 Å². The molecule has 6 nitrogen and oxygen atoms in total. The molecule has 170 valence electrons. The zero-order valence-electron chi connectivity index (χ0n) is 18.3. The first-order valence-electron chi connectivity index (χ1n) is 11.0. The molecule has 0 saturated carbocycles. The number of benzene rings is 3. The van der Waals surface area contributed by atoms with Crippen LogP contribution in [0.1, 0.15) is 12.0 Å². The van der Waals surface area contributed by atoms with E-state index in [1.807, 2.05) is 60.8 Å². The second kappa shape index (κ2) is 9.45. The summed E-state index contributed by atoms with van der Waals surface area (Å²) in [5.74, 6) is -0.00707. The lowest BCUT2D eigenvalue weighted by Crippen LogP contribution is -2.35. The van der Waals surface area contributed by atoms with Crippen LogP contribution < -0.4 is 15.2 Å². The summed E-state index contributed by atoms with van der Waals surface area (Å²) in [4.78, 5) is 25.6. The first-order valence-corrected chi connectivity index (χ1v) is 11.4. The molecule has 0 spiro atoms. The molecule has 1 saturated heterocycles. The molecule has 2 amide bonds. The molecule has 4 aromatic rings. The highest BCUT2D eigenvalue weighted by Gasteiger charge is 2.34. The summed E-state index contributed by atoms with van der Waals surface area (Å²) in [6, 6.07) is 24.3. The van der Waals surface area contributed by atoms with Gasteiger partial charge in [0.2, 0.25) is 0 Å². The monoisotopic (exact) mass is 471 g/mol. The summed E-state index contributed by atoms with van der Waals surface area (Å²) in [7, 11) is 0. The molecule has 0 unspecified atom stereocenters. The van der Waals surface area contributed by atoms with Gasteiger partial charge in [-0.15, -0.1) is 0 Å². The molecule has 1 aromatic heterocycles. The van der Waals surface area contributed by atoms with Gasteiger partial charge >= 0.3 is 0 Å². The largest absolute Gasteiger partial charge is 0.494 e. The number of hydrogen-bond acceptors (Lipinski definition) is 3. The quantitative estimate of drug-likeness (QED) is 0.228. The summed E-state index contributed by atoms with van der Waals surface area (Å²) in [5.41, 5.74) is 5.23. The van der Waals surface area contributed by atoms with Crippen molar-refractivity contribution in [2.75, 3.05) is 11.6 Å². The van der Waals surface area contributed by atoms with E-state index in [0.29, 0.717) is 17.3 Å². The third-order valence-electron chi connectivity index (χ3n) is 5.65. The van der Waals surface area contributed by atoms with Gasteiger partial charge in [-0.05, 0) is 55.0 Å². The number of hydrogen-bond donors (Lipinski definition) is 1. The van der Waals surface area contributed by atoms with Crippen molar-refractivity contribution in [2.24, 2.45) is 0 Å². The summed E-state index contributed by atoms with van der Waals surface area (Å²) < 4.78 is 7.93. The van der Waals surface area contributed by atoms with E-state index < -0.39 is 5.91 Å². The number of ether oxygens (including phenoxy) is 1. The highest BCUT2D eigenvalue weighted by Crippen LogP contribution is 2.27. The Balaban J connectivity index is 1.35. The smallest absolute Gasteiger partial charge is 0.282 e. The first-order chi connectivity index (χ1) is 16.6. The van der Waals surface area contributed by atoms with Gasteiger partial charge in [0.15, 0.2) is 0 Å². The fourth-order valence-corrected chi connectivity index (χ4v) is 4.13. The highest BCUT2D eigenvalue weighted by atomic mass is 35.5. The van der Waals surface area contributed by atoms with Gasteiger partial charge in [-0.1, -0.05) is 48.0 Å². The van der Waals surface area contributed by atoms with Gasteiger partial charge in [0.25, 0.3) is 11.8 Å². The van der Waals surface area contributed by atoms with E-state index in [4.69, 9.17) is 16.3 Å². The molecule has 1 aliphatic rings. The maximum Gasteiger partial charge on any atom is 0.282 e. The summed E-state index contributed by atoms with van der Waals surface area (Å²) >= 11 is 5.92. The molecular formula is C27H22ClN3O3. The Morgan fingerprint density at radius 2 is 1.65 bits per heavy atom. The van der Waals surface area contributed by atoms with E-state index in [2.05, 4.69) is 9.99 Å². The molecule has 2 heterocycles. The lowest BCUT2D eigenvalue weighted by Gasteiger charge is -2.13.